The summed E-state index contributed by atoms with van der Waals surface area (Å²) in [7, 11) is 0. The van der Waals surface area contributed by atoms with Crippen molar-refractivity contribution in [1.29, 1.82) is 0 Å². The van der Waals surface area contributed by atoms with Gasteiger partial charge in [-0.2, -0.15) is 0 Å². The molecular weight excluding hydrogens is 258 g/mol. The fourth-order valence-corrected chi connectivity index (χ4v) is 4.55. The molecule has 1 unspecified atom stereocenters. The van der Waals surface area contributed by atoms with Crippen molar-refractivity contribution in [2.24, 2.45) is 5.41 Å². The molecule has 2 nitrogen and oxygen atoms in total. The third-order valence-electron chi connectivity index (χ3n) is 5.74. The van der Waals surface area contributed by atoms with E-state index in [1.165, 1.54) is 70.5 Å². The van der Waals surface area contributed by atoms with Gasteiger partial charge in [-0.15, -0.1) is 0 Å². The number of aldehydes is 1. The van der Waals surface area contributed by atoms with Gasteiger partial charge in [0.2, 0.25) is 0 Å². The van der Waals surface area contributed by atoms with Crippen LogP contribution in [0.5, 0.6) is 0 Å². The predicted molar refractivity (Wildman–Crippen MR) is 89.5 cm³/mol. The van der Waals surface area contributed by atoms with Crippen molar-refractivity contribution >= 4 is 6.29 Å². The third kappa shape index (κ3) is 4.81. The van der Waals surface area contributed by atoms with Crippen LogP contribution >= 0.6 is 0 Å². The second-order valence-corrected chi connectivity index (χ2v) is 7.78. The average molecular weight is 293 g/mol. The number of hydrogen-bond donors (Lipinski definition) is 0. The molecule has 2 aliphatic rings. The molecule has 2 rings (SSSR count). The summed E-state index contributed by atoms with van der Waals surface area (Å²) in [4.78, 5) is 14.5. The lowest BCUT2D eigenvalue weighted by Gasteiger charge is -2.45. The van der Waals surface area contributed by atoms with Crippen molar-refractivity contribution in [3.8, 4) is 0 Å². The lowest BCUT2D eigenvalue weighted by atomic mass is 9.82. The van der Waals surface area contributed by atoms with Gasteiger partial charge >= 0.3 is 0 Å². The van der Waals surface area contributed by atoms with Gasteiger partial charge in [0.1, 0.15) is 6.29 Å². The van der Waals surface area contributed by atoms with Crippen LogP contribution in [0, 0.1) is 5.41 Å². The zero-order chi connectivity index (χ0) is 15.1. The fourth-order valence-electron chi connectivity index (χ4n) is 4.55. The molecule has 0 spiro atoms. The van der Waals surface area contributed by atoms with E-state index in [4.69, 9.17) is 0 Å². The van der Waals surface area contributed by atoms with Gasteiger partial charge in [0, 0.05) is 24.0 Å². The number of rotatable bonds is 7. The van der Waals surface area contributed by atoms with Gasteiger partial charge in [0.25, 0.3) is 0 Å². The second kappa shape index (κ2) is 8.31. The maximum Gasteiger partial charge on any atom is 0.127 e. The molecule has 0 aromatic heterocycles. The summed E-state index contributed by atoms with van der Waals surface area (Å²) in [6, 6.07) is 1.50. The van der Waals surface area contributed by atoms with Crippen LogP contribution in [0.1, 0.15) is 90.9 Å². The van der Waals surface area contributed by atoms with Crippen molar-refractivity contribution < 1.29 is 4.79 Å². The topological polar surface area (TPSA) is 20.3 Å². The SMILES string of the molecule is CCCC(C)(C=O)CN(C1CCCCC1)C1CCCCC1. The molecule has 0 heterocycles. The quantitative estimate of drug-likeness (QED) is 0.618. The summed E-state index contributed by atoms with van der Waals surface area (Å²) < 4.78 is 0. The molecule has 0 saturated heterocycles. The number of hydrogen-bond acceptors (Lipinski definition) is 2. The maximum atomic E-state index is 11.7. The van der Waals surface area contributed by atoms with Crippen LogP contribution in [0.4, 0.5) is 0 Å². The molecule has 0 N–H and O–H groups in total. The van der Waals surface area contributed by atoms with Gasteiger partial charge in [-0.3, -0.25) is 4.90 Å². The Morgan fingerprint density at radius 1 is 0.952 bits per heavy atom. The normalized spacial score (nSPS) is 24.9. The van der Waals surface area contributed by atoms with Crippen molar-refractivity contribution in [3.63, 3.8) is 0 Å². The summed E-state index contributed by atoms with van der Waals surface area (Å²) in [6.07, 6.45) is 17.2. The highest BCUT2D eigenvalue weighted by molar-refractivity contribution is 5.59. The minimum Gasteiger partial charge on any atom is -0.303 e. The maximum absolute atomic E-state index is 11.7. The zero-order valence-electron chi connectivity index (χ0n) is 14.3. The van der Waals surface area contributed by atoms with Crippen molar-refractivity contribution in [2.75, 3.05) is 6.54 Å². The highest BCUT2D eigenvalue weighted by Gasteiger charge is 2.34. The standard InChI is InChI=1S/C19H35NO/c1-3-14-19(2,16-21)15-20(17-10-6-4-7-11-17)18-12-8-5-9-13-18/h16-18H,3-15H2,1-2H3. The summed E-state index contributed by atoms with van der Waals surface area (Å²) in [6.45, 7) is 5.38. The smallest absolute Gasteiger partial charge is 0.127 e. The Balaban J connectivity index is 2.07. The van der Waals surface area contributed by atoms with E-state index in [0.717, 1.165) is 31.5 Å². The Hall–Kier alpha value is -0.370. The van der Waals surface area contributed by atoms with Crippen LogP contribution < -0.4 is 0 Å². The molecule has 2 heteroatoms. The van der Waals surface area contributed by atoms with Crippen LogP contribution in [0.25, 0.3) is 0 Å². The molecule has 0 aliphatic heterocycles. The Morgan fingerprint density at radius 2 is 1.43 bits per heavy atom. The molecule has 122 valence electrons. The van der Waals surface area contributed by atoms with Crippen LogP contribution in [0.3, 0.4) is 0 Å². The van der Waals surface area contributed by atoms with Gasteiger partial charge < -0.3 is 4.79 Å². The van der Waals surface area contributed by atoms with Crippen LogP contribution in [0.2, 0.25) is 0 Å². The van der Waals surface area contributed by atoms with E-state index in [9.17, 15) is 4.79 Å². The van der Waals surface area contributed by atoms with E-state index >= 15 is 0 Å². The Morgan fingerprint density at radius 3 is 1.81 bits per heavy atom. The molecule has 1 atom stereocenters. The van der Waals surface area contributed by atoms with E-state index in [-0.39, 0.29) is 5.41 Å². The Kier molecular flexibility index (Phi) is 6.73. The molecule has 0 bridgehead atoms. The summed E-state index contributed by atoms with van der Waals surface area (Å²) in [5.74, 6) is 0. The highest BCUT2D eigenvalue weighted by atomic mass is 16.1. The van der Waals surface area contributed by atoms with E-state index in [0.29, 0.717) is 0 Å². The molecule has 21 heavy (non-hydrogen) atoms. The Bertz CT molecular complexity index is 287. The third-order valence-corrected chi connectivity index (χ3v) is 5.74. The number of carbonyl (C=O) groups excluding carboxylic acids is 1. The minimum absolute atomic E-state index is 0.135. The van der Waals surface area contributed by atoms with Crippen LogP contribution in [0.15, 0.2) is 0 Å². The number of nitrogens with zero attached hydrogens (tertiary/aromatic N) is 1. The molecule has 2 fully saturated rings. The molecule has 0 aromatic rings. The summed E-state index contributed by atoms with van der Waals surface area (Å²) >= 11 is 0. The van der Waals surface area contributed by atoms with Gasteiger partial charge in [-0.1, -0.05) is 58.8 Å². The second-order valence-electron chi connectivity index (χ2n) is 7.78. The number of carbonyl (C=O) groups is 1. The first-order valence-corrected chi connectivity index (χ1v) is 9.40. The fraction of sp³-hybridized carbons (Fsp3) is 0.947. The van der Waals surface area contributed by atoms with Gasteiger partial charge in [-0.25, -0.2) is 0 Å². The van der Waals surface area contributed by atoms with Crippen molar-refractivity contribution in [3.05, 3.63) is 0 Å². The summed E-state index contributed by atoms with van der Waals surface area (Å²) in [5.41, 5.74) is -0.135. The Labute approximate surface area is 131 Å². The largest absolute Gasteiger partial charge is 0.303 e. The molecule has 2 aliphatic carbocycles. The zero-order valence-corrected chi connectivity index (χ0v) is 14.3. The first-order valence-electron chi connectivity index (χ1n) is 9.40. The van der Waals surface area contributed by atoms with Crippen LogP contribution in [-0.4, -0.2) is 29.8 Å². The predicted octanol–water partition coefficient (Wildman–Crippen LogP) is 4.96. The van der Waals surface area contributed by atoms with E-state index < -0.39 is 0 Å². The van der Waals surface area contributed by atoms with Gasteiger partial charge in [0.15, 0.2) is 0 Å². The average Bonchev–Trinajstić information content (AvgIpc) is 2.55. The van der Waals surface area contributed by atoms with Crippen molar-refractivity contribution in [2.45, 2.75) is 103 Å². The molecule has 0 radical (unpaired) electrons. The highest BCUT2D eigenvalue weighted by Crippen LogP contribution is 2.33. The lowest BCUT2D eigenvalue weighted by Crippen LogP contribution is -2.50. The van der Waals surface area contributed by atoms with E-state index in [2.05, 4.69) is 18.7 Å². The lowest BCUT2D eigenvalue weighted by molar-refractivity contribution is -0.118. The van der Waals surface area contributed by atoms with Crippen LogP contribution in [-0.2, 0) is 4.79 Å². The van der Waals surface area contributed by atoms with Crippen molar-refractivity contribution in [1.82, 2.24) is 4.90 Å². The van der Waals surface area contributed by atoms with Gasteiger partial charge in [-0.05, 0) is 32.1 Å². The minimum atomic E-state index is -0.135. The van der Waals surface area contributed by atoms with E-state index in [1.807, 2.05) is 0 Å². The van der Waals surface area contributed by atoms with E-state index in [1.54, 1.807) is 0 Å². The molecule has 2 saturated carbocycles. The molecular formula is C19H35NO. The molecule has 0 amide bonds. The first-order chi connectivity index (χ1) is 10.2. The molecule has 0 aromatic carbocycles. The summed E-state index contributed by atoms with van der Waals surface area (Å²) in [5, 5.41) is 0. The monoisotopic (exact) mass is 293 g/mol. The first kappa shape index (κ1) is 17.0. The van der Waals surface area contributed by atoms with Gasteiger partial charge in [0.05, 0.1) is 0 Å².